The van der Waals surface area contributed by atoms with Gasteiger partial charge in [-0.05, 0) is 26.7 Å². The van der Waals surface area contributed by atoms with Gasteiger partial charge in [-0.1, -0.05) is 0 Å². The van der Waals surface area contributed by atoms with Crippen molar-refractivity contribution < 1.29 is 19.1 Å². The Hall–Kier alpha value is -0.900. The third-order valence-electron chi connectivity index (χ3n) is 2.79. The molecule has 3 atom stereocenters. The van der Waals surface area contributed by atoms with Gasteiger partial charge in [0.15, 0.2) is 0 Å². The quantitative estimate of drug-likeness (QED) is 0.662. The van der Waals surface area contributed by atoms with E-state index in [4.69, 9.17) is 4.74 Å². The summed E-state index contributed by atoms with van der Waals surface area (Å²) in [6.45, 7) is 3.35. The first-order chi connectivity index (χ1) is 7.04. The van der Waals surface area contributed by atoms with E-state index < -0.39 is 0 Å². The van der Waals surface area contributed by atoms with Crippen molar-refractivity contribution in [1.82, 2.24) is 0 Å². The van der Waals surface area contributed by atoms with Crippen LogP contribution >= 0.6 is 0 Å². The molecule has 1 heterocycles. The molecule has 1 saturated heterocycles. The number of ether oxygens (including phenoxy) is 2. The lowest BCUT2D eigenvalue weighted by Crippen LogP contribution is -2.27. The van der Waals surface area contributed by atoms with Crippen molar-refractivity contribution in [2.24, 2.45) is 5.92 Å². The van der Waals surface area contributed by atoms with Gasteiger partial charge in [-0.25, -0.2) is 0 Å². The fourth-order valence-corrected chi connectivity index (χ4v) is 1.91. The molecule has 1 aliphatic heterocycles. The average Bonchev–Trinajstić information content (AvgIpc) is 2.63. The van der Waals surface area contributed by atoms with Gasteiger partial charge in [0.05, 0.1) is 25.2 Å². The van der Waals surface area contributed by atoms with E-state index in [2.05, 4.69) is 4.74 Å². The molecular formula is C11H18O4. The van der Waals surface area contributed by atoms with Crippen LogP contribution < -0.4 is 0 Å². The number of ketones is 1. The Morgan fingerprint density at radius 2 is 2.13 bits per heavy atom. The summed E-state index contributed by atoms with van der Waals surface area (Å²) >= 11 is 0. The molecule has 4 heteroatoms. The van der Waals surface area contributed by atoms with Crippen molar-refractivity contribution in [2.75, 3.05) is 7.11 Å². The number of esters is 1. The molecule has 0 aromatic rings. The molecule has 86 valence electrons. The number of hydrogen-bond acceptors (Lipinski definition) is 4. The standard InChI is InChI=1S/C11H18O4/c1-7(12)6-9-4-5-10(15-9)8(2)11(13)14-3/h8-10H,4-6H2,1-3H3/t8-,9-,10-/m0/s1. The van der Waals surface area contributed by atoms with Crippen LogP contribution in [0.2, 0.25) is 0 Å². The predicted octanol–water partition coefficient (Wildman–Crippen LogP) is 1.32. The summed E-state index contributed by atoms with van der Waals surface area (Å²) in [4.78, 5) is 22.2. The molecule has 0 aromatic heterocycles. The maximum absolute atomic E-state index is 11.3. The molecule has 0 spiro atoms. The maximum Gasteiger partial charge on any atom is 0.311 e. The van der Waals surface area contributed by atoms with Crippen LogP contribution in [0.4, 0.5) is 0 Å². The van der Waals surface area contributed by atoms with E-state index in [0.29, 0.717) is 6.42 Å². The van der Waals surface area contributed by atoms with Crippen molar-refractivity contribution in [3.63, 3.8) is 0 Å². The molecule has 1 rings (SSSR count). The van der Waals surface area contributed by atoms with Gasteiger partial charge in [0.2, 0.25) is 0 Å². The summed E-state index contributed by atoms with van der Waals surface area (Å²) < 4.78 is 10.3. The van der Waals surface area contributed by atoms with Gasteiger partial charge in [-0.15, -0.1) is 0 Å². The van der Waals surface area contributed by atoms with Crippen LogP contribution in [-0.2, 0) is 19.1 Å². The first kappa shape index (κ1) is 12.2. The lowest BCUT2D eigenvalue weighted by atomic mass is 10.0. The molecule has 4 nitrogen and oxygen atoms in total. The van der Waals surface area contributed by atoms with Gasteiger partial charge in [0.1, 0.15) is 5.78 Å². The molecule has 0 aliphatic carbocycles. The number of rotatable bonds is 4. The van der Waals surface area contributed by atoms with Crippen LogP contribution in [0.25, 0.3) is 0 Å². The molecule has 0 radical (unpaired) electrons. The van der Waals surface area contributed by atoms with E-state index in [1.54, 1.807) is 13.8 Å². The molecule has 0 amide bonds. The highest BCUT2D eigenvalue weighted by atomic mass is 16.5. The summed E-state index contributed by atoms with van der Waals surface area (Å²) in [6.07, 6.45) is 2.02. The minimum Gasteiger partial charge on any atom is -0.469 e. The van der Waals surface area contributed by atoms with Gasteiger partial charge >= 0.3 is 5.97 Å². The van der Waals surface area contributed by atoms with Crippen molar-refractivity contribution >= 4 is 11.8 Å². The van der Waals surface area contributed by atoms with Crippen molar-refractivity contribution in [2.45, 2.75) is 45.3 Å². The van der Waals surface area contributed by atoms with Crippen molar-refractivity contribution in [3.05, 3.63) is 0 Å². The van der Waals surface area contributed by atoms with Crippen LogP contribution in [0.5, 0.6) is 0 Å². The molecule has 0 unspecified atom stereocenters. The summed E-state index contributed by atoms with van der Waals surface area (Å²) in [5.41, 5.74) is 0. The molecule has 0 saturated carbocycles. The fourth-order valence-electron chi connectivity index (χ4n) is 1.91. The Balaban J connectivity index is 2.41. The molecule has 15 heavy (non-hydrogen) atoms. The topological polar surface area (TPSA) is 52.6 Å². The van der Waals surface area contributed by atoms with Crippen LogP contribution in [-0.4, -0.2) is 31.1 Å². The van der Waals surface area contributed by atoms with E-state index in [0.717, 1.165) is 12.8 Å². The van der Waals surface area contributed by atoms with E-state index in [1.165, 1.54) is 7.11 Å². The second-order valence-electron chi connectivity index (χ2n) is 4.09. The van der Waals surface area contributed by atoms with E-state index in [1.807, 2.05) is 0 Å². The zero-order valence-corrected chi connectivity index (χ0v) is 9.49. The lowest BCUT2D eigenvalue weighted by molar-refractivity contribution is -0.149. The monoisotopic (exact) mass is 214 g/mol. The number of methoxy groups -OCH3 is 1. The largest absolute Gasteiger partial charge is 0.469 e. The normalized spacial score (nSPS) is 27.4. The Bertz CT molecular complexity index is 249. The summed E-state index contributed by atoms with van der Waals surface area (Å²) in [5, 5.41) is 0. The number of carbonyl (C=O) groups excluding carboxylic acids is 2. The summed E-state index contributed by atoms with van der Waals surface area (Å²) in [5.74, 6) is -0.359. The maximum atomic E-state index is 11.3. The molecule has 1 fully saturated rings. The van der Waals surface area contributed by atoms with E-state index >= 15 is 0 Å². The van der Waals surface area contributed by atoms with E-state index in [-0.39, 0.29) is 29.9 Å². The molecule has 0 aromatic carbocycles. The molecular weight excluding hydrogens is 196 g/mol. The van der Waals surface area contributed by atoms with Crippen LogP contribution in [0, 0.1) is 5.92 Å². The third-order valence-corrected chi connectivity index (χ3v) is 2.79. The Labute approximate surface area is 89.9 Å². The SMILES string of the molecule is COC(=O)[C@@H](C)[C@@H]1CC[C@@H](CC(C)=O)O1. The zero-order chi connectivity index (χ0) is 11.4. The molecule has 0 bridgehead atoms. The second-order valence-corrected chi connectivity index (χ2v) is 4.09. The molecule has 1 aliphatic rings. The number of carbonyl (C=O) groups is 2. The van der Waals surface area contributed by atoms with Gasteiger partial charge in [0.25, 0.3) is 0 Å². The minimum absolute atomic E-state index is 0.0143. The van der Waals surface area contributed by atoms with Gasteiger partial charge in [-0.3, -0.25) is 9.59 Å². The number of hydrogen-bond donors (Lipinski definition) is 0. The number of Topliss-reactive ketones (excluding diaryl/α,β-unsaturated/α-hetero) is 1. The van der Waals surface area contributed by atoms with Crippen molar-refractivity contribution in [3.8, 4) is 0 Å². The predicted molar refractivity (Wildman–Crippen MR) is 54.4 cm³/mol. The van der Waals surface area contributed by atoms with E-state index in [9.17, 15) is 9.59 Å². The smallest absolute Gasteiger partial charge is 0.311 e. The van der Waals surface area contributed by atoms with Gasteiger partial charge in [0, 0.05) is 6.42 Å². The summed E-state index contributed by atoms with van der Waals surface area (Å²) in [6, 6.07) is 0. The Kier molecular flexibility index (Phi) is 4.27. The Morgan fingerprint density at radius 3 is 2.67 bits per heavy atom. The first-order valence-electron chi connectivity index (χ1n) is 5.27. The second kappa shape index (κ2) is 5.26. The minimum atomic E-state index is -0.247. The van der Waals surface area contributed by atoms with Gasteiger partial charge in [-0.2, -0.15) is 0 Å². The highest BCUT2D eigenvalue weighted by molar-refractivity contribution is 5.76. The highest BCUT2D eigenvalue weighted by Gasteiger charge is 2.33. The van der Waals surface area contributed by atoms with Crippen LogP contribution in [0.1, 0.15) is 33.1 Å². The zero-order valence-electron chi connectivity index (χ0n) is 9.49. The fraction of sp³-hybridized carbons (Fsp3) is 0.818. The molecule has 0 N–H and O–H groups in total. The third kappa shape index (κ3) is 3.30. The average molecular weight is 214 g/mol. The summed E-state index contributed by atoms with van der Waals surface area (Å²) in [7, 11) is 1.38. The van der Waals surface area contributed by atoms with Crippen LogP contribution in [0.3, 0.4) is 0 Å². The lowest BCUT2D eigenvalue weighted by Gasteiger charge is -2.17. The van der Waals surface area contributed by atoms with Crippen molar-refractivity contribution in [1.29, 1.82) is 0 Å². The highest BCUT2D eigenvalue weighted by Crippen LogP contribution is 2.27. The van der Waals surface area contributed by atoms with Crippen LogP contribution in [0.15, 0.2) is 0 Å². The Morgan fingerprint density at radius 1 is 1.47 bits per heavy atom. The first-order valence-corrected chi connectivity index (χ1v) is 5.27. The van der Waals surface area contributed by atoms with Gasteiger partial charge < -0.3 is 9.47 Å².